The fourth-order valence-corrected chi connectivity index (χ4v) is 2.21. The quantitative estimate of drug-likeness (QED) is 0.744. The maximum absolute atomic E-state index is 12.9. The number of nitrogens with zero attached hydrogens (tertiary/aromatic N) is 2. The Morgan fingerprint density at radius 2 is 1.80 bits per heavy atom. The van der Waals surface area contributed by atoms with Crippen LogP contribution in [-0.4, -0.2) is 35.3 Å². The normalized spacial score (nSPS) is 10.4. The zero-order chi connectivity index (χ0) is 17.8. The van der Waals surface area contributed by atoms with Crippen LogP contribution in [0.1, 0.15) is 10.4 Å². The highest BCUT2D eigenvalue weighted by molar-refractivity contribution is 6.03. The number of aromatic nitrogens is 3. The van der Waals surface area contributed by atoms with Crippen molar-refractivity contribution in [2.24, 2.45) is 0 Å². The molecule has 0 spiro atoms. The minimum absolute atomic E-state index is 0.110. The van der Waals surface area contributed by atoms with Crippen LogP contribution in [0.15, 0.2) is 42.5 Å². The fourth-order valence-electron chi connectivity index (χ4n) is 2.21. The second-order valence-corrected chi connectivity index (χ2v) is 5.04. The van der Waals surface area contributed by atoms with E-state index in [4.69, 9.17) is 9.47 Å². The third kappa shape index (κ3) is 3.57. The number of ether oxygens (including phenoxy) is 2. The highest BCUT2D eigenvalue weighted by Crippen LogP contribution is 2.31. The Hall–Kier alpha value is -3.42. The molecule has 7 nitrogen and oxygen atoms in total. The molecule has 0 aliphatic carbocycles. The average molecular weight is 342 g/mol. The smallest absolute Gasteiger partial charge is 0.258 e. The Morgan fingerprint density at radius 1 is 1.08 bits per heavy atom. The third-order valence-electron chi connectivity index (χ3n) is 3.47. The minimum atomic E-state index is -0.433. The summed E-state index contributed by atoms with van der Waals surface area (Å²) in [5.74, 6) is 0.862. The SMILES string of the molecule is COc1ccc(-c2nc(NC(=O)c3ccc(F)cc3)n[nH]2)cc1OC. The molecule has 1 aromatic heterocycles. The van der Waals surface area contributed by atoms with Gasteiger partial charge in [0.1, 0.15) is 5.82 Å². The summed E-state index contributed by atoms with van der Waals surface area (Å²) in [6.45, 7) is 0. The number of nitrogens with one attached hydrogen (secondary N) is 2. The van der Waals surface area contributed by atoms with Crippen molar-refractivity contribution < 1.29 is 18.7 Å². The number of amides is 1. The lowest BCUT2D eigenvalue weighted by Crippen LogP contribution is -2.12. The molecule has 0 saturated heterocycles. The van der Waals surface area contributed by atoms with Gasteiger partial charge in [0.05, 0.1) is 14.2 Å². The van der Waals surface area contributed by atoms with Crippen LogP contribution >= 0.6 is 0 Å². The number of halogens is 1. The van der Waals surface area contributed by atoms with Crippen LogP contribution in [0, 0.1) is 5.82 Å². The molecule has 2 N–H and O–H groups in total. The van der Waals surface area contributed by atoms with E-state index in [9.17, 15) is 9.18 Å². The minimum Gasteiger partial charge on any atom is -0.493 e. The first-order chi connectivity index (χ1) is 12.1. The van der Waals surface area contributed by atoms with Crippen molar-refractivity contribution in [3.05, 3.63) is 53.8 Å². The Morgan fingerprint density at radius 3 is 2.48 bits per heavy atom. The van der Waals surface area contributed by atoms with Gasteiger partial charge in [-0.05, 0) is 42.5 Å². The van der Waals surface area contributed by atoms with Crippen molar-refractivity contribution in [3.63, 3.8) is 0 Å². The molecule has 128 valence electrons. The molecule has 25 heavy (non-hydrogen) atoms. The van der Waals surface area contributed by atoms with Gasteiger partial charge in [0.15, 0.2) is 17.3 Å². The van der Waals surface area contributed by atoms with Crippen LogP contribution in [-0.2, 0) is 0 Å². The number of benzene rings is 2. The summed E-state index contributed by atoms with van der Waals surface area (Å²) in [6.07, 6.45) is 0. The van der Waals surface area contributed by atoms with E-state index in [2.05, 4.69) is 20.5 Å². The molecular weight excluding hydrogens is 327 g/mol. The Bertz CT molecular complexity index is 893. The van der Waals surface area contributed by atoms with Crippen molar-refractivity contribution in [1.29, 1.82) is 0 Å². The molecule has 0 atom stereocenters. The largest absolute Gasteiger partial charge is 0.493 e. The van der Waals surface area contributed by atoms with E-state index in [1.807, 2.05) is 0 Å². The first-order valence-corrected chi connectivity index (χ1v) is 7.32. The molecule has 0 fully saturated rings. The third-order valence-corrected chi connectivity index (χ3v) is 3.47. The van der Waals surface area contributed by atoms with E-state index >= 15 is 0 Å². The summed E-state index contributed by atoms with van der Waals surface area (Å²) in [4.78, 5) is 16.3. The molecule has 0 aliphatic rings. The molecule has 0 saturated carbocycles. The van der Waals surface area contributed by atoms with E-state index in [-0.39, 0.29) is 5.95 Å². The van der Waals surface area contributed by atoms with Gasteiger partial charge in [-0.1, -0.05) is 0 Å². The van der Waals surface area contributed by atoms with E-state index in [1.165, 1.54) is 31.4 Å². The zero-order valence-corrected chi connectivity index (χ0v) is 13.5. The molecule has 1 amide bonds. The van der Waals surface area contributed by atoms with Gasteiger partial charge in [-0.25, -0.2) is 4.39 Å². The summed E-state index contributed by atoms with van der Waals surface area (Å²) < 4.78 is 23.3. The van der Waals surface area contributed by atoms with Crippen LogP contribution in [0.25, 0.3) is 11.4 Å². The maximum Gasteiger partial charge on any atom is 0.258 e. The first-order valence-electron chi connectivity index (χ1n) is 7.32. The zero-order valence-electron chi connectivity index (χ0n) is 13.5. The highest BCUT2D eigenvalue weighted by Gasteiger charge is 2.13. The van der Waals surface area contributed by atoms with Gasteiger partial charge in [0, 0.05) is 11.1 Å². The molecule has 0 unspecified atom stereocenters. The van der Waals surface area contributed by atoms with Crippen LogP contribution in [0.2, 0.25) is 0 Å². The molecule has 1 heterocycles. The number of hydrogen-bond acceptors (Lipinski definition) is 5. The van der Waals surface area contributed by atoms with Crippen molar-refractivity contribution >= 4 is 11.9 Å². The molecule has 8 heteroatoms. The fraction of sp³-hybridized carbons (Fsp3) is 0.118. The van der Waals surface area contributed by atoms with Gasteiger partial charge in [0.2, 0.25) is 5.95 Å². The van der Waals surface area contributed by atoms with Gasteiger partial charge in [-0.2, -0.15) is 4.98 Å². The van der Waals surface area contributed by atoms with E-state index in [1.54, 1.807) is 25.3 Å². The predicted octanol–water partition coefficient (Wildman–Crippen LogP) is 2.88. The van der Waals surface area contributed by atoms with E-state index in [0.29, 0.717) is 28.5 Å². The first kappa shape index (κ1) is 16.4. The van der Waals surface area contributed by atoms with Crippen molar-refractivity contribution in [3.8, 4) is 22.9 Å². The van der Waals surface area contributed by atoms with Gasteiger partial charge in [-0.15, -0.1) is 5.10 Å². The maximum atomic E-state index is 12.9. The van der Waals surface area contributed by atoms with Crippen LogP contribution in [0.5, 0.6) is 11.5 Å². The molecular formula is C17H15FN4O3. The van der Waals surface area contributed by atoms with Crippen LogP contribution in [0.3, 0.4) is 0 Å². The Balaban J connectivity index is 1.78. The summed E-state index contributed by atoms with van der Waals surface area (Å²) in [7, 11) is 3.09. The number of H-pyrrole nitrogens is 1. The number of methoxy groups -OCH3 is 2. The van der Waals surface area contributed by atoms with Crippen molar-refractivity contribution in [2.75, 3.05) is 19.5 Å². The van der Waals surface area contributed by atoms with Gasteiger partial charge in [-0.3, -0.25) is 15.2 Å². The second kappa shape index (κ2) is 7.00. The number of carbonyl (C=O) groups is 1. The lowest BCUT2D eigenvalue weighted by atomic mass is 10.2. The molecule has 0 radical (unpaired) electrons. The monoisotopic (exact) mass is 342 g/mol. The summed E-state index contributed by atoms with van der Waals surface area (Å²) in [5.41, 5.74) is 1.02. The lowest BCUT2D eigenvalue weighted by Gasteiger charge is -2.07. The molecule has 0 aliphatic heterocycles. The Kier molecular flexibility index (Phi) is 4.60. The van der Waals surface area contributed by atoms with Crippen molar-refractivity contribution in [2.45, 2.75) is 0 Å². The molecule has 0 bridgehead atoms. The summed E-state index contributed by atoms with van der Waals surface area (Å²) in [6, 6.07) is 10.5. The topological polar surface area (TPSA) is 89.1 Å². The number of rotatable bonds is 5. The summed E-state index contributed by atoms with van der Waals surface area (Å²) >= 11 is 0. The van der Waals surface area contributed by atoms with E-state index in [0.717, 1.165) is 0 Å². The molecule has 3 rings (SSSR count). The standard InChI is InChI=1S/C17H15FN4O3/c1-24-13-8-5-11(9-14(13)25-2)15-19-17(22-21-15)20-16(23)10-3-6-12(18)7-4-10/h3-9H,1-2H3,(H2,19,20,21,22,23). The predicted molar refractivity (Wildman–Crippen MR) is 89.3 cm³/mol. The number of aromatic amines is 1. The summed E-state index contributed by atoms with van der Waals surface area (Å²) in [5, 5.41) is 9.25. The van der Waals surface area contributed by atoms with Crippen LogP contribution < -0.4 is 14.8 Å². The number of carbonyl (C=O) groups excluding carboxylic acids is 1. The highest BCUT2D eigenvalue weighted by atomic mass is 19.1. The van der Waals surface area contributed by atoms with Gasteiger partial charge < -0.3 is 9.47 Å². The average Bonchev–Trinajstić information content (AvgIpc) is 3.10. The Labute approximate surface area is 142 Å². The molecule has 2 aromatic carbocycles. The second-order valence-electron chi connectivity index (χ2n) is 5.04. The lowest BCUT2D eigenvalue weighted by molar-refractivity contribution is 0.102. The number of hydrogen-bond donors (Lipinski definition) is 2. The van der Waals surface area contributed by atoms with Gasteiger partial charge >= 0.3 is 0 Å². The van der Waals surface area contributed by atoms with Crippen molar-refractivity contribution in [1.82, 2.24) is 15.2 Å². The van der Waals surface area contributed by atoms with E-state index < -0.39 is 11.7 Å². The van der Waals surface area contributed by atoms with Crippen LogP contribution in [0.4, 0.5) is 10.3 Å². The van der Waals surface area contributed by atoms with Gasteiger partial charge in [0.25, 0.3) is 5.91 Å². The number of anilines is 1. The molecule has 3 aromatic rings.